The van der Waals surface area contributed by atoms with Crippen molar-refractivity contribution in [3.8, 4) is 0 Å². The number of para-hydroxylation sites is 1. The Kier molecular flexibility index (Phi) is 3.93. The molecular weight excluding hydrogens is 322 g/mol. The minimum Gasteiger partial charge on any atom is -0.366 e. The first kappa shape index (κ1) is 15.9. The van der Waals surface area contributed by atoms with Crippen LogP contribution in [0.15, 0.2) is 54.6 Å². The highest BCUT2D eigenvalue weighted by atomic mass is 16.2. The predicted molar refractivity (Wildman–Crippen MR) is 104 cm³/mol. The van der Waals surface area contributed by atoms with Gasteiger partial charge in [0.2, 0.25) is 0 Å². The number of anilines is 1. The lowest BCUT2D eigenvalue weighted by molar-refractivity contribution is 0.0713. The van der Waals surface area contributed by atoms with E-state index in [0.29, 0.717) is 12.1 Å². The van der Waals surface area contributed by atoms with Gasteiger partial charge >= 0.3 is 0 Å². The Morgan fingerprint density at radius 3 is 2.50 bits per heavy atom. The summed E-state index contributed by atoms with van der Waals surface area (Å²) in [5.41, 5.74) is 3.45. The standard InChI is InChI=1S/C22H25N3O/c26-22-21-9-5-4-6-17(21)10-11-23(22)12-13-24-15-20-14-19(24)16-25(20)18-7-2-1-3-8-18/h1-9,19-20H,10-16H2. The van der Waals surface area contributed by atoms with Gasteiger partial charge < -0.3 is 9.80 Å². The van der Waals surface area contributed by atoms with Crippen LogP contribution in [0.4, 0.5) is 5.69 Å². The summed E-state index contributed by atoms with van der Waals surface area (Å²) in [7, 11) is 0. The van der Waals surface area contributed by atoms with Crippen LogP contribution in [0.2, 0.25) is 0 Å². The average Bonchev–Trinajstić information content (AvgIpc) is 3.29. The van der Waals surface area contributed by atoms with Gasteiger partial charge in [0.15, 0.2) is 0 Å². The van der Waals surface area contributed by atoms with E-state index in [1.54, 1.807) is 0 Å². The van der Waals surface area contributed by atoms with Crippen LogP contribution in [0.25, 0.3) is 0 Å². The lowest BCUT2D eigenvalue weighted by Crippen LogP contribution is -2.49. The minimum atomic E-state index is 0.210. The Hall–Kier alpha value is -2.33. The molecule has 2 fully saturated rings. The van der Waals surface area contributed by atoms with Gasteiger partial charge in [-0.15, -0.1) is 0 Å². The Bertz CT molecular complexity index is 806. The number of benzene rings is 2. The monoisotopic (exact) mass is 347 g/mol. The van der Waals surface area contributed by atoms with E-state index in [9.17, 15) is 4.79 Å². The molecule has 0 saturated carbocycles. The molecule has 0 aliphatic carbocycles. The smallest absolute Gasteiger partial charge is 0.254 e. The third-order valence-corrected chi connectivity index (χ3v) is 6.29. The van der Waals surface area contributed by atoms with E-state index in [2.05, 4.69) is 46.2 Å². The molecular formula is C22H25N3O. The van der Waals surface area contributed by atoms with E-state index < -0.39 is 0 Å². The molecule has 4 heteroatoms. The molecule has 26 heavy (non-hydrogen) atoms. The molecule has 0 radical (unpaired) electrons. The van der Waals surface area contributed by atoms with E-state index in [4.69, 9.17) is 0 Å². The van der Waals surface area contributed by atoms with Crippen LogP contribution in [-0.2, 0) is 6.42 Å². The zero-order valence-corrected chi connectivity index (χ0v) is 15.1. The lowest BCUT2D eigenvalue weighted by Gasteiger charge is -2.37. The highest BCUT2D eigenvalue weighted by molar-refractivity contribution is 5.96. The largest absolute Gasteiger partial charge is 0.366 e. The van der Waals surface area contributed by atoms with Gasteiger partial charge in [-0.1, -0.05) is 36.4 Å². The van der Waals surface area contributed by atoms with Crippen LogP contribution in [0.3, 0.4) is 0 Å². The first-order valence-electron chi connectivity index (χ1n) is 9.72. The minimum absolute atomic E-state index is 0.210. The molecule has 2 aromatic carbocycles. The number of likely N-dealkylation sites (tertiary alicyclic amines) is 1. The molecule has 2 unspecified atom stereocenters. The maximum absolute atomic E-state index is 12.7. The van der Waals surface area contributed by atoms with Gasteiger partial charge in [0, 0.05) is 56.1 Å². The Morgan fingerprint density at radius 2 is 1.69 bits per heavy atom. The molecule has 5 rings (SSSR count). The number of fused-ring (bicyclic) bond motifs is 3. The molecule has 3 aliphatic rings. The van der Waals surface area contributed by atoms with Crippen molar-refractivity contribution in [2.24, 2.45) is 0 Å². The van der Waals surface area contributed by atoms with Crippen molar-refractivity contribution < 1.29 is 4.79 Å². The molecule has 0 N–H and O–H groups in total. The molecule has 2 atom stereocenters. The Labute approximate surface area is 155 Å². The fourth-order valence-corrected chi connectivity index (χ4v) is 4.90. The van der Waals surface area contributed by atoms with Crippen LogP contribution in [0.1, 0.15) is 22.3 Å². The van der Waals surface area contributed by atoms with Crippen molar-refractivity contribution in [3.63, 3.8) is 0 Å². The van der Waals surface area contributed by atoms with Crippen molar-refractivity contribution >= 4 is 11.6 Å². The topological polar surface area (TPSA) is 26.8 Å². The maximum Gasteiger partial charge on any atom is 0.254 e. The molecule has 134 valence electrons. The second kappa shape index (κ2) is 6.44. The zero-order chi connectivity index (χ0) is 17.5. The zero-order valence-electron chi connectivity index (χ0n) is 15.1. The first-order chi connectivity index (χ1) is 12.8. The van der Waals surface area contributed by atoms with E-state index in [-0.39, 0.29) is 5.91 Å². The second-order valence-electron chi connectivity index (χ2n) is 7.73. The van der Waals surface area contributed by atoms with Gasteiger partial charge in [0.05, 0.1) is 0 Å². The van der Waals surface area contributed by atoms with Crippen LogP contribution in [0.5, 0.6) is 0 Å². The van der Waals surface area contributed by atoms with Gasteiger partial charge in [0.1, 0.15) is 0 Å². The van der Waals surface area contributed by atoms with Gasteiger partial charge in [-0.05, 0) is 36.6 Å². The highest BCUT2D eigenvalue weighted by Gasteiger charge is 2.43. The second-order valence-corrected chi connectivity index (χ2v) is 7.73. The lowest BCUT2D eigenvalue weighted by atomic mass is 9.99. The number of carbonyl (C=O) groups excluding carboxylic acids is 1. The third-order valence-electron chi connectivity index (χ3n) is 6.29. The van der Waals surface area contributed by atoms with Crippen LogP contribution < -0.4 is 4.90 Å². The van der Waals surface area contributed by atoms with Gasteiger partial charge in [-0.3, -0.25) is 9.69 Å². The van der Waals surface area contributed by atoms with Gasteiger partial charge in [-0.25, -0.2) is 0 Å². The van der Waals surface area contributed by atoms with E-state index in [1.807, 2.05) is 23.1 Å². The normalized spacial score (nSPS) is 25.0. The third kappa shape index (κ3) is 2.69. The van der Waals surface area contributed by atoms with Crippen molar-refractivity contribution in [2.75, 3.05) is 37.6 Å². The number of piperazine rings is 1. The molecule has 3 aliphatic heterocycles. The van der Waals surface area contributed by atoms with Crippen molar-refractivity contribution in [1.82, 2.24) is 9.80 Å². The SMILES string of the molecule is O=C1c2ccccc2CCN1CCN1CC2CC1CN2c1ccccc1. The average molecular weight is 347 g/mol. The number of amides is 1. The molecule has 2 bridgehead atoms. The number of hydrogen-bond acceptors (Lipinski definition) is 3. The van der Waals surface area contributed by atoms with E-state index in [0.717, 1.165) is 44.7 Å². The molecule has 1 amide bonds. The van der Waals surface area contributed by atoms with Gasteiger partial charge in [-0.2, -0.15) is 0 Å². The number of nitrogens with zero attached hydrogens (tertiary/aromatic N) is 3. The van der Waals surface area contributed by atoms with Crippen molar-refractivity contribution in [3.05, 3.63) is 65.7 Å². The number of hydrogen-bond donors (Lipinski definition) is 0. The summed E-state index contributed by atoms with van der Waals surface area (Å²) < 4.78 is 0. The van der Waals surface area contributed by atoms with Crippen molar-refractivity contribution in [2.45, 2.75) is 24.9 Å². The molecule has 0 spiro atoms. The Morgan fingerprint density at radius 1 is 0.885 bits per heavy atom. The molecule has 2 aromatic rings. The summed E-state index contributed by atoms with van der Waals surface area (Å²) in [4.78, 5) is 19.9. The van der Waals surface area contributed by atoms with Crippen molar-refractivity contribution in [1.29, 1.82) is 0 Å². The van der Waals surface area contributed by atoms with E-state index in [1.165, 1.54) is 17.7 Å². The molecule has 2 saturated heterocycles. The summed E-state index contributed by atoms with van der Waals surface area (Å²) in [6, 6.07) is 20.1. The summed E-state index contributed by atoms with van der Waals surface area (Å²) in [6.45, 7) is 4.94. The predicted octanol–water partition coefficient (Wildman–Crippen LogP) is 2.65. The fourth-order valence-electron chi connectivity index (χ4n) is 4.90. The molecule has 3 heterocycles. The first-order valence-corrected chi connectivity index (χ1v) is 9.72. The quantitative estimate of drug-likeness (QED) is 0.851. The number of carbonyl (C=O) groups is 1. The maximum atomic E-state index is 12.7. The molecule has 4 nitrogen and oxygen atoms in total. The van der Waals surface area contributed by atoms with E-state index >= 15 is 0 Å². The van der Waals surface area contributed by atoms with Crippen LogP contribution >= 0.6 is 0 Å². The van der Waals surface area contributed by atoms with Crippen LogP contribution in [-0.4, -0.2) is 60.5 Å². The van der Waals surface area contributed by atoms with Gasteiger partial charge in [0.25, 0.3) is 5.91 Å². The molecule has 0 aromatic heterocycles. The number of rotatable bonds is 4. The summed E-state index contributed by atoms with van der Waals surface area (Å²) in [5, 5.41) is 0. The summed E-state index contributed by atoms with van der Waals surface area (Å²) >= 11 is 0. The summed E-state index contributed by atoms with van der Waals surface area (Å²) in [5.74, 6) is 0.210. The van der Waals surface area contributed by atoms with Crippen LogP contribution in [0, 0.1) is 0 Å². The highest BCUT2D eigenvalue weighted by Crippen LogP contribution is 2.34. The summed E-state index contributed by atoms with van der Waals surface area (Å²) in [6.07, 6.45) is 2.24. The Balaban J connectivity index is 1.19. The fraction of sp³-hybridized carbons (Fsp3) is 0.409.